The highest BCUT2D eigenvalue weighted by molar-refractivity contribution is 5.97. The lowest BCUT2D eigenvalue weighted by molar-refractivity contribution is -0.123. The molecule has 4 rings (SSSR count). The van der Waals surface area contributed by atoms with Crippen LogP contribution in [-0.4, -0.2) is 29.4 Å². The Kier molecular flexibility index (Phi) is 5.34. The van der Waals surface area contributed by atoms with E-state index in [-0.39, 0.29) is 23.2 Å². The molecule has 0 bridgehead atoms. The van der Waals surface area contributed by atoms with Gasteiger partial charge in [0.2, 0.25) is 5.91 Å². The smallest absolute Gasteiger partial charge is 0.249 e. The van der Waals surface area contributed by atoms with Gasteiger partial charge in [-0.1, -0.05) is 43.7 Å². The quantitative estimate of drug-likeness (QED) is 0.654. The zero-order valence-corrected chi connectivity index (χ0v) is 19.5. The number of amides is 1. The highest BCUT2D eigenvalue weighted by Crippen LogP contribution is 2.63. The Labute approximate surface area is 181 Å². The van der Waals surface area contributed by atoms with Crippen LogP contribution in [0, 0.1) is 35.0 Å². The Bertz CT molecular complexity index is 805. The maximum atomic E-state index is 12.9. The maximum Gasteiger partial charge on any atom is 0.249 e. The molecule has 1 heterocycles. The van der Waals surface area contributed by atoms with E-state index < -0.39 is 11.3 Å². The van der Waals surface area contributed by atoms with Crippen molar-refractivity contribution in [3.05, 3.63) is 35.5 Å². The minimum atomic E-state index is -0.842. The third kappa shape index (κ3) is 3.31. The lowest BCUT2D eigenvalue weighted by Gasteiger charge is -2.42. The van der Waals surface area contributed by atoms with Crippen LogP contribution in [0.4, 0.5) is 0 Å². The minimum absolute atomic E-state index is 0.00278. The molecular weight excluding hydrogens is 374 g/mol. The fraction of sp³-hybridized carbons (Fsp3) is 0.731. The van der Waals surface area contributed by atoms with Crippen molar-refractivity contribution < 1.29 is 14.6 Å². The molecule has 0 spiro atoms. The maximum absolute atomic E-state index is 12.9. The molecule has 0 aromatic rings. The zero-order valence-electron chi connectivity index (χ0n) is 19.5. The average molecular weight is 414 g/mol. The summed E-state index contributed by atoms with van der Waals surface area (Å²) in [5.41, 5.74) is 0.744. The number of carbonyl (C=O) groups excluding carboxylic acids is 1. The lowest BCUT2D eigenvalue weighted by atomic mass is 9.63. The summed E-state index contributed by atoms with van der Waals surface area (Å²) in [6, 6.07) is 0. The standard InChI is InChI=1S/C26H39NO3/c1-16(2)8-7-9-17(3)18-12-13-24(4)14-21-22-19(10-11-20(18)24)23(28)27-26(22,30-6)15-25(21,5)29/h7-10,17-18,20-22,29H,11-15H2,1-6H3,(H,27,28)/b9-7-,19-10?/t17-,18+,20-,21-,22-,24+,25+,26-/m0/s1. The van der Waals surface area contributed by atoms with Crippen LogP contribution in [0.5, 0.6) is 0 Å². The summed E-state index contributed by atoms with van der Waals surface area (Å²) in [6.45, 7) is 11.0. The molecule has 0 unspecified atom stereocenters. The molecule has 0 aromatic carbocycles. The van der Waals surface area contributed by atoms with Crippen molar-refractivity contribution >= 4 is 5.91 Å². The number of carbonyl (C=O) groups is 1. The van der Waals surface area contributed by atoms with Crippen molar-refractivity contribution in [1.29, 1.82) is 0 Å². The molecule has 1 saturated heterocycles. The predicted octanol–water partition coefficient (Wildman–Crippen LogP) is 4.76. The molecule has 1 aliphatic heterocycles. The SMILES string of the molecule is CO[C@]12C[C@@](C)(O)[C@H]3C[C@@]4(C)CC[C@H]([C@@H](C)/C=C\C=C(C)C)[C@@H]4CC=C(C(=O)N1)[C@@H]32. The number of aliphatic hydroxyl groups is 1. The van der Waals surface area contributed by atoms with Crippen molar-refractivity contribution in [2.75, 3.05) is 7.11 Å². The number of fused-ring (bicyclic) bond motifs is 1. The molecule has 4 nitrogen and oxygen atoms in total. The minimum Gasteiger partial charge on any atom is -0.390 e. The Morgan fingerprint density at radius 3 is 2.73 bits per heavy atom. The zero-order chi connectivity index (χ0) is 21.9. The van der Waals surface area contributed by atoms with E-state index in [2.05, 4.69) is 57.3 Å². The largest absolute Gasteiger partial charge is 0.390 e. The highest BCUT2D eigenvalue weighted by Gasteiger charge is 2.67. The monoisotopic (exact) mass is 413 g/mol. The van der Waals surface area contributed by atoms with E-state index in [0.717, 1.165) is 18.4 Å². The van der Waals surface area contributed by atoms with Crippen molar-refractivity contribution in [3.8, 4) is 0 Å². The van der Waals surface area contributed by atoms with Gasteiger partial charge in [0.15, 0.2) is 5.72 Å². The molecule has 2 saturated carbocycles. The molecule has 8 atom stereocenters. The predicted molar refractivity (Wildman–Crippen MR) is 119 cm³/mol. The first kappa shape index (κ1) is 21.8. The number of nitrogens with one attached hydrogen (secondary N) is 1. The van der Waals surface area contributed by atoms with Crippen LogP contribution in [0.15, 0.2) is 35.5 Å². The Hall–Kier alpha value is -1.39. The van der Waals surface area contributed by atoms with Gasteiger partial charge in [-0.2, -0.15) is 0 Å². The van der Waals surface area contributed by atoms with Gasteiger partial charge < -0.3 is 15.2 Å². The fourth-order valence-corrected chi connectivity index (χ4v) is 7.32. The van der Waals surface area contributed by atoms with Gasteiger partial charge in [-0.05, 0) is 75.5 Å². The van der Waals surface area contributed by atoms with Crippen LogP contribution in [0.1, 0.15) is 66.7 Å². The van der Waals surface area contributed by atoms with E-state index in [0.29, 0.717) is 24.2 Å². The van der Waals surface area contributed by atoms with Gasteiger partial charge in [0.1, 0.15) is 0 Å². The van der Waals surface area contributed by atoms with Crippen molar-refractivity contribution in [2.45, 2.75) is 78.0 Å². The molecule has 3 aliphatic carbocycles. The molecule has 166 valence electrons. The highest BCUT2D eigenvalue weighted by atomic mass is 16.5. The Morgan fingerprint density at radius 1 is 1.33 bits per heavy atom. The molecule has 2 N–H and O–H groups in total. The molecule has 3 fully saturated rings. The summed E-state index contributed by atoms with van der Waals surface area (Å²) in [4.78, 5) is 12.9. The first-order valence-electron chi connectivity index (χ1n) is 11.6. The number of methoxy groups -OCH3 is 1. The van der Waals surface area contributed by atoms with Crippen LogP contribution in [-0.2, 0) is 9.53 Å². The van der Waals surface area contributed by atoms with Crippen molar-refractivity contribution in [3.63, 3.8) is 0 Å². The van der Waals surface area contributed by atoms with Crippen LogP contribution in [0.3, 0.4) is 0 Å². The van der Waals surface area contributed by atoms with Gasteiger partial charge in [-0.25, -0.2) is 0 Å². The van der Waals surface area contributed by atoms with Crippen LogP contribution >= 0.6 is 0 Å². The summed E-state index contributed by atoms with van der Waals surface area (Å²) in [5.74, 6) is 1.60. The van der Waals surface area contributed by atoms with Gasteiger partial charge in [0.05, 0.1) is 5.60 Å². The van der Waals surface area contributed by atoms with E-state index in [1.807, 2.05) is 6.92 Å². The van der Waals surface area contributed by atoms with Crippen LogP contribution in [0.25, 0.3) is 0 Å². The Morgan fingerprint density at radius 2 is 2.07 bits per heavy atom. The molecule has 30 heavy (non-hydrogen) atoms. The van der Waals surface area contributed by atoms with Gasteiger partial charge in [0.25, 0.3) is 0 Å². The summed E-state index contributed by atoms with van der Waals surface area (Å²) < 4.78 is 5.88. The summed E-state index contributed by atoms with van der Waals surface area (Å²) in [7, 11) is 1.66. The lowest BCUT2D eigenvalue weighted by Crippen LogP contribution is -2.46. The molecule has 4 heteroatoms. The van der Waals surface area contributed by atoms with Crippen molar-refractivity contribution in [1.82, 2.24) is 5.32 Å². The molecular formula is C26H39NO3. The first-order chi connectivity index (χ1) is 14.0. The second-order valence-corrected chi connectivity index (χ2v) is 11.2. The second kappa shape index (κ2) is 7.34. The van der Waals surface area contributed by atoms with E-state index in [9.17, 15) is 9.90 Å². The summed E-state index contributed by atoms with van der Waals surface area (Å²) in [5, 5.41) is 14.5. The van der Waals surface area contributed by atoms with E-state index in [4.69, 9.17) is 4.74 Å². The number of hydrogen-bond donors (Lipinski definition) is 2. The number of rotatable bonds is 4. The molecule has 0 radical (unpaired) electrons. The Balaban J connectivity index is 1.69. The van der Waals surface area contributed by atoms with Gasteiger partial charge in [-0.15, -0.1) is 0 Å². The van der Waals surface area contributed by atoms with E-state index in [1.54, 1.807) is 7.11 Å². The molecule has 1 amide bonds. The van der Waals surface area contributed by atoms with Crippen LogP contribution in [0.2, 0.25) is 0 Å². The molecule has 0 aromatic heterocycles. The van der Waals surface area contributed by atoms with Gasteiger partial charge >= 0.3 is 0 Å². The number of allylic oxidation sites excluding steroid dienone is 5. The van der Waals surface area contributed by atoms with E-state index >= 15 is 0 Å². The normalized spacial score (nSPS) is 46.0. The number of ether oxygens (including phenoxy) is 1. The van der Waals surface area contributed by atoms with Crippen molar-refractivity contribution in [2.24, 2.45) is 35.0 Å². The third-order valence-electron chi connectivity index (χ3n) is 8.87. The van der Waals surface area contributed by atoms with Gasteiger partial charge in [-0.3, -0.25) is 4.79 Å². The fourth-order valence-electron chi connectivity index (χ4n) is 7.32. The van der Waals surface area contributed by atoms with E-state index in [1.165, 1.54) is 18.4 Å². The summed E-state index contributed by atoms with van der Waals surface area (Å²) >= 11 is 0. The van der Waals surface area contributed by atoms with Gasteiger partial charge in [0, 0.05) is 25.0 Å². The third-order valence-corrected chi connectivity index (χ3v) is 8.87. The first-order valence-corrected chi connectivity index (χ1v) is 11.6. The average Bonchev–Trinajstić information content (AvgIpc) is 3.16. The topological polar surface area (TPSA) is 58.6 Å². The summed E-state index contributed by atoms with van der Waals surface area (Å²) in [6.07, 6.45) is 13.7. The van der Waals surface area contributed by atoms with Crippen LogP contribution < -0.4 is 5.32 Å². The number of hydrogen-bond acceptors (Lipinski definition) is 3. The molecule has 4 aliphatic rings. The second-order valence-electron chi connectivity index (χ2n) is 11.2.